The first-order chi connectivity index (χ1) is 8.67. The van der Waals surface area contributed by atoms with E-state index in [1.54, 1.807) is 11.3 Å². The van der Waals surface area contributed by atoms with Gasteiger partial charge in [-0.15, -0.1) is 11.3 Å². The van der Waals surface area contributed by atoms with Gasteiger partial charge in [0, 0.05) is 34.9 Å². The van der Waals surface area contributed by atoms with Gasteiger partial charge in [-0.05, 0) is 41.2 Å². The fourth-order valence-corrected chi connectivity index (χ4v) is 3.27. The van der Waals surface area contributed by atoms with Gasteiger partial charge in [-0.2, -0.15) is 0 Å². The first-order valence-electron chi connectivity index (χ1n) is 5.72. The Bertz CT molecular complexity index is 512. The van der Waals surface area contributed by atoms with Crippen LogP contribution < -0.4 is 5.32 Å². The molecule has 5 heteroatoms. The van der Waals surface area contributed by atoms with Crippen LogP contribution >= 0.6 is 27.3 Å². The molecule has 0 amide bonds. The minimum Gasteiger partial charge on any atom is -0.373 e. The van der Waals surface area contributed by atoms with Crippen molar-refractivity contribution < 1.29 is 0 Å². The topological polar surface area (TPSA) is 28.2 Å². The molecule has 0 saturated heterocycles. The standard InChI is InChI=1S/C13H16BrN3S/c1-15-13-5-3-4-11(16-13)7-17(2)8-12-6-10(14)9-18-12/h3-6,9H,7-8H2,1-2H3,(H,15,16). The molecule has 0 radical (unpaired) electrons. The Balaban J connectivity index is 1.96. The van der Waals surface area contributed by atoms with Crippen LogP contribution in [0, 0.1) is 0 Å². The molecular weight excluding hydrogens is 310 g/mol. The summed E-state index contributed by atoms with van der Waals surface area (Å²) < 4.78 is 1.16. The number of pyridine rings is 1. The van der Waals surface area contributed by atoms with Crippen LogP contribution in [0.3, 0.4) is 0 Å². The first kappa shape index (κ1) is 13.5. The Morgan fingerprint density at radius 1 is 1.39 bits per heavy atom. The lowest BCUT2D eigenvalue weighted by molar-refractivity contribution is 0.318. The summed E-state index contributed by atoms with van der Waals surface area (Å²) in [6, 6.07) is 8.23. The Morgan fingerprint density at radius 3 is 2.89 bits per heavy atom. The van der Waals surface area contributed by atoms with Gasteiger partial charge in [0.1, 0.15) is 5.82 Å². The number of hydrogen-bond acceptors (Lipinski definition) is 4. The Labute approximate surface area is 120 Å². The molecule has 0 aliphatic carbocycles. The maximum atomic E-state index is 4.52. The van der Waals surface area contributed by atoms with Crippen molar-refractivity contribution in [3.8, 4) is 0 Å². The highest BCUT2D eigenvalue weighted by Gasteiger charge is 2.05. The maximum Gasteiger partial charge on any atom is 0.126 e. The van der Waals surface area contributed by atoms with Gasteiger partial charge in [0.15, 0.2) is 0 Å². The molecule has 0 fully saturated rings. The SMILES string of the molecule is CNc1cccc(CN(C)Cc2cc(Br)cs2)n1. The molecule has 3 nitrogen and oxygen atoms in total. The molecule has 1 N–H and O–H groups in total. The van der Waals surface area contributed by atoms with E-state index in [0.29, 0.717) is 0 Å². The van der Waals surface area contributed by atoms with Crippen LogP contribution in [-0.4, -0.2) is 24.0 Å². The lowest BCUT2D eigenvalue weighted by Crippen LogP contribution is -2.17. The summed E-state index contributed by atoms with van der Waals surface area (Å²) in [4.78, 5) is 8.14. The summed E-state index contributed by atoms with van der Waals surface area (Å²) in [5.41, 5.74) is 1.08. The summed E-state index contributed by atoms with van der Waals surface area (Å²) in [5, 5.41) is 5.17. The lowest BCUT2D eigenvalue weighted by atomic mass is 10.3. The van der Waals surface area contributed by atoms with E-state index in [0.717, 1.165) is 29.1 Å². The van der Waals surface area contributed by atoms with Crippen LogP contribution in [-0.2, 0) is 13.1 Å². The van der Waals surface area contributed by atoms with Gasteiger partial charge < -0.3 is 5.32 Å². The number of halogens is 1. The zero-order valence-corrected chi connectivity index (χ0v) is 12.9. The molecule has 2 aromatic heterocycles. The zero-order valence-electron chi connectivity index (χ0n) is 10.5. The summed E-state index contributed by atoms with van der Waals surface area (Å²) in [6.07, 6.45) is 0. The molecule has 0 unspecified atom stereocenters. The predicted molar refractivity (Wildman–Crippen MR) is 81.0 cm³/mol. The number of aromatic nitrogens is 1. The van der Waals surface area contributed by atoms with E-state index in [1.165, 1.54) is 4.88 Å². The average Bonchev–Trinajstić information content (AvgIpc) is 2.74. The van der Waals surface area contributed by atoms with Gasteiger partial charge in [0.05, 0.1) is 5.69 Å². The van der Waals surface area contributed by atoms with E-state index in [2.05, 4.69) is 55.7 Å². The molecule has 0 saturated carbocycles. The number of nitrogens with one attached hydrogen (secondary N) is 1. The van der Waals surface area contributed by atoms with E-state index in [9.17, 15) is 0 Å². The minimum absolute atomic E-state index is 0.852. The van der Waals surface area contributed by atoms with Crippen LogP contribution in [0.2, 0.25) is 0 Å². The van der Waals surface area contributed by atoms with Crippen molar-refractivity contribution in [2.75, 3.05) is 19.4 Å². The molecule has 2 aromatic rings. The first-order valence-corrected chi connectivity index (χ1v) is 7.40. The van der Waals surface area contributed by atoms with Crippen LogP contribution in [0.25, 0.3) is 0 Å². The molecular formula is C13H16BrN3S. The third-order valence-electron chi connectivity index (χ3n) is 2.54. The highest BCUT2D eigenvalue weighted by atomic mass is 79.9. The van der Waals surface area contributed by atoms with Crippen molar-refractivity contribution in [3.63, 3.8) is 0 Å². The van der Waals surface area contributed by atoms with E-state index >= 15 is 0 Å². The lowest BCUT2D eigenvalue weighted by Gasteiger charge is -2.15. The quantitative estimate of drug-likeness (QED) is 0.910. The fraction of sp³-hybridized carbons (Fsp3) is 0.308. The normalized spacial score (nSPS) is 10.9. The highest BCUT2D eigenvalue weighted by Crippen LogP contribution is 2.21. The van der Waals surface area contributed by atoms with Crippen molar-refractivity contribution in [2.24, 2.45) is 0 Å². The second-order valence-corrected chi connectivity index (χ2v) is 6.08. The van der Waals surface area contributed by atoms with E-state index in [4.69, 9.17) is 0 Å². The number of thiophene rings is 1. The third-order valence-corrected chi connectivity index (χ3v) is 4.22. The molecule has 0 bridgehead atoms. The van der Waals surface area contributed by atoms with Crippen molar-refractivity contribution in [3.05, 3.63) is 44.7 Å². The van der Waals surface area contributed by atoms with Crippen LogP contribution in [0.5, 0.6) is 0 Å². The van der Waals surface area contributed by atoms with Crippen LogP contribution in [0.1, 0.15) is 10.6 Å². The highest BCUT2D eigenvalue weighted by molar-refractivity contribution is 9.10. The Morgan fingerprint density at radius 2 is 2.22 bits per heavy atom. The molecule has 2 heterocycles. The Hall–Kier alpha value is -0.910. The number of rotatable bonds is 5. The molecule has 0 aromatic carbocycles. The Kier molecular flexibility index (Phi) is 4.74. The molecule has 18 heavy (non-hydrogen) atoms. The van der Waals surface area contributed by atoms with Gasteiger partial charge in [0.2, 0.25) is 0 Å². The molecule has 2 rings (SSSR count). The van der Waals surface area contributed by atoms with E-state index in [1.807, 2.05) is 19.2 Å². The summed E-state index contributed by atoms with van der Waals surface area (Å²) in [6.45, 7) is 1.80. The van der Waals surface area contributed by atoms with Crippen molar-refractivity contribution >= 4 is 33.1 Å². The predicted octanol–water partition coefficient (Wildman–Crippen LogP) is 3.58. The smallest absolute Gasteiger partial charge is 0.126 e. The largest absolute Gasteiger partial charge is 0.373 e. The van der Waals surface area contributed by atoms with Gasteiger partial charge in [-0.25, -0.2) is 4.98 Å². The van der Waals surface area contributed by atoms with Gasteiger partial charge in [-0.3, -0.25) is 4.90 Å². The average molecular weight is 326 g/mol. The van der Waals surface area contributed by atoms with Gasteiger partial charge >= 0.3 is 0 Å². The number of anilines is 1. The maximum absolute atomic E-state index is 4.52. The number of nitrogens with zero attached hydrogens (tertiary/aromatic N) is 2. The second kappa shape index (κ2) is 6.31. The van der Waals surface area contributed by atoms with Crippen molar-refractivity contribution in [2.45, 2.75) is 13.1 Å². The van der Waals surface area contributed by atoms with Crippen LogP contribution in [0.4, 0.5) is 5.82 Å². The monoisotopic (exact) mass is 325 g/mol. The third kappa shape index (κ3) is 3.80. The summed E-state index contributed by atoms with van der Waals surface area (Å²) >= 11 is 5.25. The van der Waals surface area contributed by atoms with Crippen molar-refractivity contribution in [1.82, 2.24) is 9.88 Å². The van der Waals surface area contributed by atoms with Crippen LogP contribution in [0.15, 0.2) is 34.1 Å². The van der Waals surface area contributed by atoms with Gasteiger partial charge in [0.25, 0.3) is 0 Å². The second-order valence-electron chi connectivity index (χ2n) is 4.17. The molecule has 0 aliphatic heterocycles. The molecule has 0 spiro atoms. The fourth-order valence-electron chi connectivity index (χ4n) is 1.74. The van der Waals surface area contributed by atoms with Crippen molar-refractivity contribution in [1.29, 1.82) is 0 Å². The van der Waals surface area contributed by atoms with E-state index < -0.39 is 0 Å². The zero-order chi connectivity index (χ0) is 13.0. The van der Waals surface area contributed by atoms with E-state index in [-0.39, 0.29) is 0 Å². The summed E-state index contributed by atoms with van der Waals surface area (Å²) in [7, 11) is 4.00. The minimum atomic E-state index is 0.852. The molecule has 0 atom stereocenters. The van der Waals surface area contributed by atoms with Gasteiger partial charge in [-0.1, -0.05) is 6.07 Å². The molecule has 0 aliphatic rings. The number of hydrogen-bond donors (Lipinski definition) is 1. The summed E-state index contributed by atoms with van der Waals surface area (Å²) in [5.74, 6) is 0.916. The molecule has 96 valence electrons.